The first-order valence-corrected chi connectivity index (χ1v) is 7.05. The van der Waals surface area contributed by atoms with Crippen LogP contribution < -0.4 is 5.32 Å². The Labute approximate surface area is 111 Å². The van der Waals surface area contributed by atoms with Crippen LogP contribution in [0.25, 0.3) is 0 Å². The number of likely N-dealkylation sites (tertiary alicyclic amines) is 1. The first-order chi connectivity index (χ1) is 8.50. The van der Waals surface area contributed by atoms with Crippen molar-refractivity contribution in [2.24, 2.45) is 0 Å². The fourth-order valence-corrected chi connectivity index (χ4v) is 3.00. The Kier molecular flexibility index (Phi) is 3.99. The van der Waals surface area contributed by atoms with E-state index in [9.17, 15) is 9.90 Å². The minimum Gasteiger partial charge on any atom is -0.387 e. The van der Waals surface area contributed by atoms with Crippen LogP contribution in [0.2, 0.25) is 0 Å². The molecule has 1 aromatic heterocycles. The predicted molar refractivity (Wildman–Crippen MR) is 71.8 cm³/mol. The quantitative estimate of drug-likeness (QED) is 0.844. The third-order valence-electron chi connectivity index (χ3n) is 2.98. The van der Waals surface area contributed by atoms with Gasteiger partial charge in [-0.05, 0) is 13.3 Å². The zero-order valence-corrected chi connectivity index (χ0v) is 11.6. The Balaban J connectivity index is 1.73. The van der Waals surface area contributed by atoms with Gasteiger partial charge in [0, 0.05) is 18.5 Å². The fourth-order valence-electron chi connectivity index (χ4n) is 2.29. The maximum Gasteiger partial charge on any atom is 0.240 e. The van der Waals surface area contributed by atoms with Crippen molar-refractivity contribution < 1.29 is 9.90 Å². The molecule has 1 aromatic rings. The van der Waals surface area contributed by atoms with Crippen LogP contribution in [-0.4, -0.2) is 46.1 Å². The van der Waals surface area contributed by atoms with Crippen LogP contribution in [-0.2, 0) is 4.79 Å². The smallest absolute Gasteiger partial charge is 0.240 e. The molecule has 0 atom stereocenters. The van der Waals surface area contributed by atoms with Crippen molar-refractivity contribution in [2.45, 2.75) is 32.3 Å². The van der Waals surface area contributed by atoms with Crippen LogP contribution >= 0.6 is 11.3 Å². The van der Waals surface area contributed by atoms with Crippen LogP contribution in [0.1, 0.15) is 25.5 Å². The first kappa shape index (κ1) is 13.5. The van der Waals surface area contributed by atoms with Gasteiger partial charge in [-0.15, -0.1) is 11.3 Å². The molecule has 2 heterocycles. The van der Waals surface area contributed by atoms with E-state index in [0.717, 1.165) is 18.5 Å². The SMILES string of the molecule is CCCC1(O)CN(CC(=O)Nc2nc(C)cs2)C1. The van der Waals surface area contributed by atoms with E-state index < -0.39 is 5.60 Å². The number of aryl methyl sites for hydroxylation is 1. The number of aromatic nitrogens is 1. The molecule has 1 aliphatic heterocycles. The highest BCUT2D eigenvalue weighted by Gasteiger charge is 2.40. The van der Waals surface area contributed by atoms with E-state index in [1.54, 1.807) is 0 Å². The Morgan fingerprint density at radius 1 is 1.67 bits per heavy atom. The number of anilines is 1. The minimum absolute atomic E-state index is 0.0668. The molecule has 1 amide bonds. The highest BCUT2D eigenvalue weighted by molar-refractivity contribution is 7.13. The summed E-state index contributed by atoms with van der Waals surface area (Å²) in [6.45, 7) is 5.45. The third kappa shape index (κ3) is 3.28. The highest BCUT2D eigenvalue weighted by Crippen LogP contribution is 2.25. The number of hydrogen-bond acceptors (Lipinski definition) is 5. The molecular weight excluding hydrogens is 250 g/mol. The second-order valence-corrected chi connectivity index (χ2v) is 5.82. The van der Waals surface area contributed by atoms with E-state index >= 15 is 0 Å². The predicted octanol–water partition coefficient (Wildman–Crippen LogP) is 1.24. The van der Waals surface area contributed by atoms with Crippen LogP contribution in [0, 0.1) is 6.92 Å². The molecule has 1 fully saturated rings. The Hall–Kier alpha value is -0.980. The van der Waals surface area contributed by atoms with E-state index in [4.69, 9.17) is 0 Å². The number of carbonyl (C=O) groups excluding carboxylic acids is 1. The number of thiazole rings is 1. The lowest BCUT2D eigenvalue weighted by molar-refractivity contribution is -0.129. The average molecular weight is 269 g/mol. The summed E-state index contributed by atoms with van der Waals surface area (Å²) in [5.74, 6) is -0.0668. The summed E-state index contributed by atoms with van der Waals surface area (Å²) in [5.41, 5.74) is 0.337. The lowest BCUT2D eigenvalue weighted by Crippen LogP contribution is -2.62. The summed E-state index contributed by atoms with van der Waals surface area (Å²) in [6.07, 6.45) is 1.77. The Morgan fingerprint density at radius 2 is 2.39 bits per heavy atom. The second-order valence-electron chi connectivity index (χ2n) is 4.96. The molecule has 2 N–H and O–H groups in total. The van der Waals surface area contributed by atoms with E-state index in [-0.39, 0.29) is 5.91 Å². The first-order valence-electron chi connectivity index (χ1n) is 6.17. The van der Waals surface area contributed by atoms with Gasteiger partial charge in [-0.1, -0.05) is 13.3 Å². The number of rotatable bonds is 5. The summed E-state index contributed by atoms with van der Waals surface area (Å²) in [4.78, 5) is 17.9. The zero-order valence-electron chi connectivity index (χ0n) is 10.8. The second kappa shape index (κ2) is 5.34. The topological polar surface area (TPSA) is 65.5 Å². The van der Waals surface area contributed by atoms with Gasteiger partial charge in [0.25, 0.3) is 0 Å². The molecule has 0 aliphatic carbocycles. The van der Waals surface area contributed by atoms with Crippen molar-refractivity contribution in [2.75, 3.05) is 25.0 Å². The number of carbonyl (C=O) groups is 1. The molecular formula is C12H19N3O2S. The number of hydrogen-bond donors (Lipinski definition) is 2. The lowest BCUT2D eigenvalue weighted by atomic mass is 9.89. The van der Waals surface area contributed by atoms with Crippen molar-refractivity contribution in [3.8, 4) is 0 Å². The number of aliphatic hydroxyl groups is 1. The van der Waals surface area contributed by atoms with Gasteiger partial charge < -0.3 is 10.4 Å². The van der Waals surface area contributed by atoms with Crippen molar-refractivity contribution in [1.29, 1.82) is 0 Å². The van der Waals surface area contributed by atoms with Crippen LogP contribution in [0.3, 0.4) is 0 Å². The zero-order chi connectivity index (χ0) is 13.2. The molecule has 1 saturated heterocycles. The molecule has 100 valence electrons. The molecule has 0 spiro atoms. The molecule has 0 bridgehead atoms. The summed E-state index contributed by atoms with van der Waals surface area (Å²) < 4.78 is 0. The van der Waals surface area contributed by atoms with Crippen LogP contribution in [0.5, 0.6) is 0 Å². The van der Waals surface area contributed by atoms with E-state index in [2.05, 4.69) is 17.2 Å². The van der Waals surface area contributed by atoms with Gasteiger partial charge in [0.2, 0.25) is 5.91 Å². The van der Waals surface area contributed by atoms with Gasteiger partial charge in [-0.3, -0.25) is 9.69 Å². The van der Waals surface area contributed by atoms with Gasteiger partial charge in [0.1, 0.15) is 0 Å². The van der Waals surface area contributed by atoms with Crippen molar-refractivity contribution in [3.63, 3.8) is 0 Å². The lowest BCUT2D eigenvalue weighted by Gasteiger charge is -2.46. The number of β-amino-alcohol motifs (C(OH)–C–C–N with tert-alkyl or cyclic N) is 1. The molecule has 6 heteroatoms. The van der Waals surface area contributed by atoms with E-state index in [1.165, 1.54) is 11.3 Å². The molecule has 5 nitrogen and oxygen atoms in total. The Morgan fingerprint density at radius 3 is 2.94 bits per heavy atom. The molecule has 18 heavy (non-hydrogen) atoms. The number of amides is 1. The highest BCUT2D eigenvalue weighted by atomic mass is 32.1. The Bertz CT molecular complexity index is 427. The van der Waals surface area contributed by atoms with Gasteiger partial charge in [-0.25, -0.2) is 4.98 Å². The summed E-state index contributed by atoms with van der Waals surface area (Å²) in [5, 5.41) is 15.3. The van der Waals surface area contributed by atoms with Crippen molar-refractivity contribution in [1.82, 2.24) is 9.88 Å². The summed E-state index contributed by atoms with van der Waals surface area (Å²) in [7, 11) is 0. The van der Waals surface area contributed by atoms with Crippen LogP contribution in [0.4, 0.5) is 5.13 Å². The number of nitrogens with one attached hydrogen (secondary N) is 1. The van der Waals surface area contributed by atoms with Gasteiger partial charge in [0.05, 0.1) is 17.8 Å². The van der Waals surface area contributed by atoms with Crippen molar-refractivity contribution in [3.05, 3.63) is 11.1 Å². The molecule has 0 saturated carbocycles. The molecule has 0 radical (unpaired) electrons. The van der Waals surface area contributed by atoms with Crippen LogP contribution in [0.15, 0.2) is 5.38 Å². The van der Waals surface area contributed by atoms with Gasteiger partial charge in [0.15, 0.2) is 5.13 Å². The standard InChI is InChI=1S/C12H19N3O2S/c1-3-4-12(17)7-15(8-12)5-10(16)14-11-13-9(2)6-18-11/h6,17H,3-5,7-8H2,1-2H3,(H,13,14,16). The largest absolute Gasteiger partial charge is 0.387 e. The van der Waals surface area contributed by atoms with Crippen molar-refractivity contribution >= 4 is 22.4 Å². The summed E-state index contributed by atoms with van der Waals surface area (Å²) >= 11 is 1.43. The average Bonchev–Trinajstić information content (AvgIpc) is 2.61. The van der Waals surface area contributed by atoms with E-state index in [1.807, 2.05) is 17.2 Å². The molecule has 0 unspecified atom stereocenters. The normalized spacial score (nSPS) is 18.4. The molecule has 0 aromatic carbocycles. The monoisotopic (exact) mass is 269 g/mol. The maximum atomic E-state index is 11.7. The molecule has 1 aliphatic rings. The minimum atomic E-state index is -0.577. The fraction of sp³-hybridized carbons (Fsp3) is 0.667. The molecule has 2 rings (SSSR count). The number of nitrogens with zero attached hydrogens (tertiary/aromatic N) is 2. The maximum absolute atomic E-state index is 11.7. The third-order valence-corrected chi connectivity index (χ3v) is 3.86. The van der Waals surface area contributed by atoms with E-state index in [0.29, 0.717) is 24.8 Å². The van der Waals surface area contributed by atoms with Gasteiger partial charge >= 0.3 is 0 Å². The summed E-state index contributed by atoms with van der Waals surface area (Å²) in [6, 6.07) is 0. The van der Waals surface area contributed by atoms with Gasteiger partial charge in [-0.2, -0.15) is 0 Å².